The maximum atomic E-state index is 11.9. The van der Waals surface area contributed by atoms with Crippen LogP contribution in [-0.2, 0) is 20.7 Å². The maximum absolute atomic E-state index is 11.9. The van der Waals surface area contributed by atoms with Crippen molar-refractivity contribution in [1.29, 1.82) is 0 Å². The fraction of sp³-hybridized carbons (Fsp3) is 0.294. The van der Waals surface area contributed by atoms with Gasteiger partial charge in [-0.1, -0.05) is 24.3 Å². The molecule has 5 heteroatoms. The number of nitrogens with one attached hydrogen (secondary N) is 1. The van der Waals surface area contributed by atoms with Crippen molar-refractivity contribution in [3.05, 3.63) is 51.7 Å². The van der Waals surface area contributed by atoms with Gasteiger partial charge >= 0.3 is 5.97 Å². The number of hydrogen-bond donors (Lipinski definition) is 1. The van der Waals surface area contributed by atoms with E-state index in [1.54, 1.807) is 11.3 Å². The van der Waals surface area contributed by atoms with Crippen molar-refractivity contribution in [3.63, 3.8) is 0 Å². The molecule has 1 aromatic heterocycles. The van der Waals surface area contributed by atoms with Crippen LogP contribution < -0.4 is 5.32 Å². The number of benzene rings is 1. The largest absolute Gasteiger partial charge is 0.456 e. The van der Waals surface area contributed by atoms with E-state index in [0.29, 0.717) is 6.42 Å². The van der Waals surface area contributed by atoms with E-state index in [-0.39, 0.29) is 24.9 Å². The van der Waals surface area contributed by atoms with Crippen LogP contribution in [0, 0.1) is 13.8 Å². The lowest BCUT2D eigenvalue weighted by molar-refractivity contribution is -0.147. The van der Waals surface area contributed by atoms with Gasteiger partial charge in [0.25, 0.3) is 5.91 Å². The van der Waals surface area contributed by atoms with Crippen LogP contribution in [0.25, 0.3) is 0 Å². The number of hydrogen-bond acceptors (Lipinski definition) is 4. The van der Waals surface area contributed by atoms with E-state index in [1.165, 1.54) is 0 Å². The number of amides is 1. The molecule has 0 aliphatic rings. The summed E-state index contributed by atoms with van der Waals surface area (Å²) < 4.78 is 5.01. The first-order valence-electron chi connectivity index (χ1n) is 7.10. The molecule has 2 aromatic rings. The first-order valence-corrected chi connectivity index (χ1v) is 7.98. The van der Waals surface area contributed by atoms with Crippen LogP contribution in [0.1, 0.15) is 22.4 Å². The Hall–Kier alpha value is -2.14. The molecule has 0 saturated heterocycles. The summed E-state index contributed by atoms with van der Waals surface area (Å²) >= 11 is 1.61. The lowest BCUT2D eigenvalue weighted by Crippen LogP contribution is -2.21. The van der Waals surface area contributed by atoms with Crippen LogP contribution in [-0.4, -0.2) is 18.5 Å². The zero-order valence-corrected chi connectivity index (χ0v) is 13.5. The van der Waals surface area contributed by atoms with Gasteiger partial charge in [-0.25, -0.2) is 0 Å². The van der Waals surface area contributed by atoms with E-state index in [2.05, 4.69) is 5.32 Å². The number of para-hydroxylation sites is 1. The van der Waals surface area contributed by atoms with Gasteiger partial charge in [0.1, 0.15) is 0 Å². The molecule has 1 aromatic carbocycles. The van der Waals surface area contributed by atoms with Gasteiger partial charge in [0.15, 0.2) is 6.61 Å². The number of aryl methyl sites for hydroxylation is 3. The lowest BCUT2D eigenvalue weighted by atomic mass is 10.1. The third-order valence-corrected chi connectivity index (χ3v) is 4.20. The minimum atomic E-state index is -0.356. The summed E-state index contributed by atoms with van der Waals surface area (Å²) in [6.07, 6.45) is 0.937. The van der Waals surface area contributed by atoms with Crippen LogP contribution >= 0.6 is 11.3 Å². The van der Waals surface area contributed by atoms with Crippen molar-refractivity contribution in [1.82, 2.24) is 0 Å². The molecule has 0 aliphatic carbocycles. The summed E-state index contributed by atoms with van der Waals surface area (Å²) in [7, 11) is 0. The standard InChI is InChI=1S/C17H19NO3S/c1-12-5-3-6-13(2)17(12)18-15(19)11-21-16(20)9-8-14-7-4-10-22-14/h3-7,10H,8-9,11H2,1-2H3,(H,18,19). The smallest absolute Gasteiger partial charge is 0.306 e. The van der Waals surface area contributed by atoms with Crippen LogP contribution in [0.3, 0.4) is 0 Å². The number of carbonyl (C=O) groups is 2. The van der Waals surface area contributed by atoms with E-state index < -0.39 is 0 Å². The first-order chi connectivity index (χ1) is 10.6. The second-order valence-electron chi connectivity index (χ2n) is 5.06. The van der Waals surface area contributed by atoms with E-state index in [0.717, 1.165) is 21.7 Å². The van der Waals surface area contributed by atoms with Crippen molar-refractivity contribution < 1.29 is 14.3 Å². The van der Waals surface area contributed by atoms with Gasteiger partial charge in [-0.2, -0.15) is 0 Å². The van der Waals surface area contributed by atoms with Crippen molar-refractivity contribution in [2.45, 2.75) is 26.7 Å². The highest BCUT2D eigenvalue weighted by molar-refractivity contribution is 7.09. The SMILES string of the molecule is Cc1cccc(C)c1NC(=O)COC(=O)CCc1cccs1. The minimum Gasteiger partial charge on any atom is -0.456 e. The number of anilines is 1. The van der Waals surface area contributed by atoms with Gasteiger partial charge in [0.2, 0.25) is 0 Å². The van der Waals surface area contributed by atoms with Gasteiger partial charge in [-0.05, 0) is 42.8 Å². The van der Waals surface area contributed by atoms with Gasteiger partial charge in [0, 0.05) is 10.6 Å². The number of thiophene rings is 1. The topological polar surface area (TPSA) is 55.4 Å². The average molecular weight is 317 g/mol. The third kappa shape index (κ3) is 4.70. The molecule has 0 radical (unpaired) electrons. The minimum absolute atomic E-state index is 0.253. The van der Waals surface area contributed by atoms with Gasteiger partial charge in [-0.15, -0.1) is 11.3 Å². The van der Waals surface area contributed by atoms with Crippen molar-refractivity contribution in [2.24, 2.45) is 0 Å². The Kier molecular flexibility index (Phi) is 5.72. The predicted octanol–water partition coefficient (Wildman–Crippen LogP) is 3.48. The fourth-order valence-corrected chi connectivity index (χ4v) is 2.79. The second-order valence-corrected chi connectivity index (χ2v) is 6.09. The Morgan fingerprint density at radius 2 is 1.86 bits per heavy atom. The Morgan fingerprint density at radius 3 is 2.50 bits per heavy atom. The number of rotatable bonds is 6. The second kappa shape index (κ2) is 7.75. The zero-order chi connectivity index (χ0) is 15.9. The summed E-state index contributed by atoms with van der Waals surface area (Å²) in [5.41, 5.74) is 2.75. The summed E-state index contributed by atoms with van der Waals surface area (Å²) in [5, 5.41) is 4.76. The van der Waals surface area contributed by atoms with Crippen molar-refractivity contribution in [3.8, 4) is 0 Å². The van der Waals surface area contributed by atoms with E-state index >= 15 is 0 Å². The summed E-state index contributed by atoms with van der Waals surface area (Å²) in [4.78, 5) is 24.6. The molecule has 0 atom stereocenters. The molecule has 116 valence electrons. The molecule has 4 nitrogen and oxygen atoms in total. The molecule has 0 aliphatic heterocycles. The van der Waals surface area contributed by atoms with E-state index in [9.17, 15) is 9.59 Å². The third-order valence-electron chi connectivity index (χ3n) is 3.27. The van der Waals surface area contributed by atoms with Crippen LogP contribution in [0.2, 0.25) is 0 Å². The monoisotopic (exact) mass is 317 g/mol. The molecule has 22 heavy (non-hydrogen) atoms. The number of esters is 1. The Morgan fingerprint density at radius 1 is 1.14 bits per heavy atom. The van der Waals surface area contributed by atoms with E-state index in [4.69, 9.17) is 4.74 Å². The molecule has 0 spiro atoms. The lowest BCUT2D eigenvalue weighted by Gasteiger charge is -2.11. The van der Waals surface area contributed by atoms with Crippen LogP contribution in [0.4, 0.5) is 5.69 Å². The highest BCUT2D eigenvalue weighted by Crippen LogP contribution is 2.19. The fourth-order valence-electron chi connectivity index (χ4n) is 2.09. The van der Waals surface area contributed by atoms with E-state index in [1.807, 2.05) is 49.6 Å². The Balaban J connectivity index is 1.76. The first kappa shape index (κ1) is 16.2. The molecule has 0 bridgehead atoms. The molecule has 1 amide bonds. The molecule has 0 unspecified atom stereocenters. The molecule has 1 heterocycles. The number of ether oxygens (including phenoxy) is 1. The van der Waals surface area contributed by atoms with Crippen LogP contribution in [0.15, 0.2) is 35.7 Å². The maximum Gasteiger partial charge on any atom is 0.306 e. The molecule has 2 rings (SSSR count). The summed E-state index contributed by atoms with van der Waals surface area (Å²) in [5.74, 6) is -0.674. The molecule has 1 N–H and O–H groups in total. The quantitative estimate of drug-likeness (QED) is 0.830. The summed E-state index contributed by atoms with van der Waals surface area (Å²) in [6, 6.07) is 9.71. The van der Waals surface area contributed by atoms with Crippen LogP contribution in [0.5, 0.6) is 0 Å². The predicted molar refractivity (Wildman–Crippen MR) is 88.1 cm³/mol. The Labute approximate surface area is 134 Å². The summed E-state index contributed by atoms with van der Waals surface area (Å²) in [6.45, 7) is 3.60. The molecule has 0 fully saturated rings. The highest BCUT2D eigenvalue weighted by atomic mass is 32.1. The van der Waals surface area contributed by atoms with Gasteiger partial charge in [0.05, 0.1) is 6.42 Å². The molecular weight excluding hydrogens is 298 g/mol. The zero-order valence-electron chi connectivity index (χ0n) is 12.7. The number of carbonyl (C=O) groups excluding carboxylic acids is 2. The average Bonchev–Trinajstić information content (AvgIpc) is 3.00. The normalized spacial score (nSPS) is 10.3. The van der Waals surface area contributed by atoms with Gasteiger partial charge in [-0.3, -0.25) is 9.59 Å². The van der Waals surface area contributed by atoms with Crippen molar-refractivity contribution >= 4 is 28.9 Å². The molecule has 0 saturated carbocycles. The Bertz CT molecular complexity index is 630. The van der Waals surface area contributed by atoms with Gasteiger partial charge < -0.3 is 10.1 Å². The highest BCUT2D eigenvalue weighted by Gasteiger charge is 2.10. The molecular formula is C17H19NO3S. The van der Waals surface area contributed by atoms with Crippen molar-refractivity contribution in [2.75, 3.05) is 11.9 Å².